The number of anilines is 1. The van der Waals surface area contributed by atoms with Crippen LogP contribution in [0.3, 0.4) is 0 Å². The highest BCUT2D eigenvalue weighted by Gasteiger charge is 2.16. The molecule has 0 spiro atoms. The number of nitro benzene ring substituents is 1. The fourth-order valence-electron chi connectivity index (χ4n) is 2.50. The Morgan fingerprint density at radius 2 is 1.93 bits per heavy atom. The van der Waals surface area contributed by atoms with Gasteiger partial charge in [-0.3, -0.25) is 14.9 Å². The van der Waals surface area contributed by atoms with E-state index in [0.29, 0.717) is 22.4 Å². The summed E-state index contributed by atoms with van der Waals surface area (Å²) in [6.07, 6.45) is 0. The third-order valence-electron chi connectivity index (χ3n) is 3.88. The molecule has 1 heterocycles. The number of para-hydroxylation sites is 1. The normalized spacial score (nSPS) is 10.5. The van der Waals surface area contributed by atoms with Crippen LogP contribution in [-0.4, -0.2) is 38.5 Å². The van der Waals surface area contributed by atoms with E-state index in [9.17, 15) is 14.9 Å². The van der Waals surface area contributed by atoms with Gasteiger partial charge in [0.2, 0.25) is 5.91 Å². The van der Waals surface area contributed by atoms with Gasteiger partial charge in [-0.05, 0) is 24.3 Å². The summed E-state index contributed by atoms with van der Waals surface area (Å²) in [6.45, 7) is 0. The highest BCUT2D eigenvalue weighted by atomic mass is 32.2. The van der Waals surface area contributed by atoms with Crippen LogP contribution in [0.15, 0.2) is 53.7 Å². The molecular formula is C18H17N5O4S. The summed E-state index contributed by atoms with van der Waals surface area (Å²) in [5.41, 5.74) is 1.27. The predicted octanol–water partition coefficient (Wildman–Crippen LogP) is 3.13. The molecule has 0 radical (unpaired) electrons. The number of non-ortho nitro benzene ring substituents is 1. The maximum Gasteiger partial charge on any atom is 0.269 e. The molecule has 0 bridgehead atoms. The molecule has 3 aromatic rings. The van der Waals surface area contributed by atoms with Gasteiger partial charge in [0.25, 0.3) is 5.69 Å². The lowest BCUT2D eigenvalue weighted by molar-refractivity contribution is -0.384. The molecule has 0 fully saturated rings. The van der Waals surface area contributed by atoms with Crippen LogP contribution >= 0.6 is 11.8 Å². The van der Waals surface area contributed by atoms with Crippen LogP contribution in [0.1, 0.15) is 0 Å². The van der Waals surface area contributed by atoms with Crippen molar-refractivity contribution in [3.8, 4) is 17.1 Å². The van der Waals surface area contributed by atoms with Crippen LogP contribution in [0, 0.1) is 10.1 Å². The smallest absolute Gasteiger partial charge is 0.269 e. The number of carbonyl (C=O) groups is 1. The van der Waals surface area contributed by atoms with Crippen LogP contribution in [0.2, 0.25) is 0 Å². The van der Waals surface area contributed by atoms with Crippen molar-refractivity contribution in [3.63, 3.8) is 0 Å². The van der Waals surface area contributed by atoms with Crippen LogP contribution in [-0.2, 0) is 11.8 Å². The lowest BCUT2D eigenvalue weighted by Gasteiger charge is -2.08. The fourth-order valence-corrected chi connectivity index (χ4v) is 3.21. The third kappa shape index (κ3) is 4.29. The number of nitrogens with one attached hydrogen (secondary N) is 1. The van der Waals surface area contributed by atoms with Crippen LogP contribution in [0.25, 0.3) is 11.4 Å². The lowest BCUT2D eigenvalue weighted by Crippen LogP contribution is -2.14. The molecule has 0 saturated heterocycles. The minimum Gasteiger partial charge on any atom is -0.496 e. The zero-order valence-electron chi connectivity index (χ0n) is 15.2. The van der Waals surface area contributed by atoms with Crippen LogP contribution < -0.4 is 10.1 Å². The molecule has 0 aliphatic rings. The number of methoxy groups -OCH3 is 1. The van der Waals surface area contributed by atoms with Gasteiger partial charge in [-0.25, -0.2) is 0 Å². The molecule has 28 heavy (non-hydrogen) atoms. The van der Waals surface area contributed by atoms with Crippen molar-refractivity contribution in [1.29, 1.82) is 0 Å². The Hall–Kier alpha value is -3.40. The number of hydrogen-bond donors (Lipinski definition) is 1. The van der Waals surface area contributed by atoms with Crippen molar-refractivity contribution in [1.82, 2.24) is 14.8 Å². The average Bonchev–Trinajstić information content (AvgIpc) is 3.07. The molecule has 144 valence electrons. The Labute approximate surface area is 164 Å². The van der Waals surface area contributed by atoms with E-state index in [1.807, 2.05) is 31.3 Å². The Kier molecular flexibility index (Phi) is 5.90. The van der Waals surface area contributed by atoms with Gasteiger partial charge in [0.1, 0.15) is 5.75 Å². The molecule has 1 amide bonds. The number of ether oxygens (including phenoxy) is 1. The Morgan fingerprint density at radius 3 is 2.61 bits per heavy atom. The van der Waals surface area contributed by atoms with Crippen molar-refractivity contribution >= 4 is 29.0 Å². The SMILES string of the molecule is COc1ccccc1-c1nnc(SCC(=O)Nc2ccc([N+](=O)[O-])cc2)n1C. The van der Waals surface area contributed by atoms with Gasteiger partial charge in [0, 0.05) is 24.9 Å². The number of thioether (sulfide) groups is 1. The first-order chi connectivity index (χ1) is 13.5. The van der Waals surface area contributed by atoms with Crippen LogP contribution in [0.5, 0.6) is 5.75 Å². The molecule has 3 rings (SSSR count). The number of benzene rings is 2. The molecule has 1 aromatic heterocycles. The number of nitrogens with zero attached hydrogens (tertiary/aromatic N) is 4. The van der Waals surface area contributed by atoms with E-state index in [0.717, 1.165) is 5.56 Å². The summed E-state index contributed by atoms with van der Waals surface area (Å²) in [5, 5.41) is 22.3. The minimum absolute atomic E-state index is 0.0321. The summed E-state index contributed by atoms with van der Waals surface area (Å²) in [7, 11) is 3.41. The van der Waals surface area contributed by atoms with Crippen molar-refractivity contribution in [2.24, 2.45) is 7.05 Å². The first-order valence-corrected chi connectivity index (χ1v) is 9.18. The summed E-state index contributed by atoms with van der Waals surface area (Å²) in [6, 6.07) is 13.1. The van der Waals surface area contributed by atoms with E-state index in [2.05, 4.69) is 15.5 Å². The number of aromatic nitrogens is 3. The fraction of sp³-hybridized carbons (Fsp3) is 0.167. The van der Waals surface area contributed by atoms with Gasteiger partial charge in [0.05, 0.1) is 23.3 Å². The number of hydrogen-bond acceptors (Lipinski definition) is 7. The maximum absolute atomic E-state index is 12.1. The van der Waals surface area contributed by atoms with E-state index < -0.39 is 4.92 Å². The largest absolute Gasteiger partial charge is 0.496 e. The van der Waals surface area contributed by atoms with Gasteiger partial charge >= 0.3 is 0 Å². The molecule has 9 nitrogen and oxygen atoms in total. The Morgan fingerprint density at radius 1 is 1.21 bits per heavy atom. The molecule has 0 unspecified atom stereocenters. The highest BCUT2D eigenvalue weighted by molar-refractivity contribution is 7.99. The molecule has 0 atom stereocenters. The van der Waals surface area contributed by atoms with E-state index in [-0.39, 0.29) is 17.3 Å². The minimum atomic E-state index is -0.491. The number of amides is 1. The Bertz CT molecular complexity index is 1000. The number of rotatable bonds is 7. The van der Waals surface area contributed by atoms with Gasteiger partial charge < -0.3 is 14.6 Å². The topological polar surface area (TPSA) is 112 Å². The molecule has 0 aliphatic heterocycles. The monoisotopic (exact) mass is 399 g/mol. The van der Waals surface area contributed by atoms with Gasteiger partial charge in [-0.15, -0.1) is 10.2 Å². The zero-order valence-corrected chi connectivity index (χ0v) is 16.0. The van der Waals surface area contributed by atoms with E-state index in [1.165, 1.54) is 36.0 Å². The molecule has 2 aromatic carbocycles. The highest BCUT2D eigenvalue weighted by Crippen LogP contribution is 2.30. The molecule has 1 N–H and O–H groups in total. The van der Waals surface area contributed by atoms with E-state index in [1.54, 1.807) is 11.7 Å². The van der Waals surface area contributed by atoms with Crippen LogP contribution in [0.4, 0.5) is 11.4 Å². The van der Waals surface area contributed by atoms with Gasteiger partial charge in [0.15, 0.2) is 11.0 Å². The summed E-state index contributed by atoms with van der Waals surface area (Å²) in [4.78, 5) is 22.3. The third-order valence-corrected chi connectivity index (χ3v) is 4.90. The standard InChI is InChI=1S/C18H17N5O4S/c1-22-17(14-5-3-4-6-15(14)27-2)20-21-18(22)28-11-16(24)19-12-7-9-13(10-8-12)23(25)26/h3-10H,11H2,1-2H3,(H,19,24). The number of carbonyl (C=O) groups excluding carboxylic acids is 1. The molecular weight excluding hydrogens is 382 g/mol. The second kappa shape index (κ2) is 8.53. The molecule has 10 heteroatoms. The van der Waals surface area contributed by atoms with E-state index in [4.69, 9.17) is 4.74 Å². The zero-order chi connectivity index (χ0) is 20.1. The predicted molar refractivity (Wildman–Crippen MR) is 105 cm³/mol. The van der Waals surface area contributed by atoms with Gasteiger partial charge in [-0.2, -0.15) is 0 Å². The summed E-state index contributed by atoms with van der Waals surface area (Å²) < 4.78 is 7.15. The number of nitro groups is 1. The Balaban J connectivity index is 1.64. The van der Waals surface area contributed by atoms with E-state index >= 15 is 0 Å². The lowest BCUT2D eigenvalue weighted by atomic mass is 10.2. The second-order valence-electron chi connectivity index (χ2n) is 5.71. The maximum atomic E-state index is 12.1. The first-order valence-electron chi connectivity index (χ1n) is 8.19. The molecule has 0 saturated carbocycles. The quantitative estimate of drug-likeness (QED) is 0.369. The van der Waals surface area contributed by atoms with Crippen molar-refractivity contribution < 1.29 is 14.5 Å². The average molecular weight is 399 g/mol. The van der Waals surface area contributed by atoms with Gasteiger partial charge in [-0.1, -0.05) is 23.9 Å². The van der Waals surface area contributed by atoms with Crippen molar-refractivity contribution in [2.45, 2.75) is 5.16 Å². The van der Waals surface area contributed by atoms with Crippen molar-refractivity contribution in [3.05, 3.63) is 58.6 Å². The first kappa shape index (κ1) is 19.4. The second-order valence-corrected chi connectivity index (χ2v) is 6.65. The molecule has 0 aliphatic carbocycles. The summed E-state index contributed by atoms with van der Waals surface area (Å²) in [5.74, 6) is 1.19. The van der Waals surface area contributed by atoms with Crippen molar-refractivity contribution in [2.75, 3.05) is 18.2 Å². The summed E-state index contributed by atoms with van der Waals surface area (Å²) >= 11 is 1.24.